The van der Waals surface area contributed by atoms with Crippen molar-refractivity contribution in [1.29, 1.82) is 0 Å². The largest absolute Gasteiger partial charge is 0.444 e. The number of halogens is 3. The lowest BCUT2D eigenvalue weighted by Crippen LogP contribution is -2.60. The van der Waals surface area contributed by atoms with E-state index in [0.717, 1.165) is 69.9 Å². The maximum absolute atomic E-state index is 15.3. The van der Waals surface area contributed by atoms with E-state index in [1.54, 1.807) is 29.2 Å². The lowest BCUT2D eigenvalue weighted by molar-refractivity contribution is -0.124. The molecular formula is C34H43Cl2FN4O4. The highest BCUT2D eigenvalue weighted by Gasteiger charge is 2.71. The number of benzene rings is 2. The van der Waals surface area contributed by atoms with Gasteiger partial charge in [0.05, 0.1) is 11.1 Å². The number of hydrogen-bond acceptors (Lipinski definition) is 6. The number of anilines is 1. The number of likely N-dealkylation sites (tertiary alicyclic amines) is 1. The van der Waals surface area contributed by atoms with Crippen LogP contribution in [0.4, 0.5) is 14.9 Å². The van der Waals surface area contributed by atoms with Crippen LogP contribution in [0.1, 0.15) is 82.8 Å². The molecule has 2 aromatic rings. The van der Waals surface area contributed by atoms with Gasteiger partial charge in [0.25, 0.3) is 0 Å². The highest BCUT2D eigenvalue weighted by Crippen LogP contribution is 2.62. The molecule has 3 heterocycles. The van der Waals surface area contributed by atoms with Crippen LogP contribution in [0.25, 0.3) is 0 Å². The van der Waals surface area contributed by atoms with Crippen molar-refractivity contribution in [3.8, 4) is 0 Å². The molecule has 3 N–H and O–H groups in total. The predicted octanol–water partition coefficient (Wildman–Crippen LogP) is 6.59. The van der Waals surface area contributed by atoms with Gasteiger partial charge >= 0.3 is 6.09 Å². The van der Waals surface area contributed by atoms with Crippen molar-refractivity contribution < 1.29 is 23.5 Å². The third-order valence-corrected chi connectivity index (χ3v) is 10.3. The Hall–Kier alpha value is -2.72. The fraction of sp³-hybridized carbons (Fsp3) is 0.559. The third kappa shape index (κ3) is 6.21. The minimum Gasteiger partial charge on any atom is -0.444 e. The Bertz CT molecular complexity index is 1440. The van der Waals surface area contributed by atoms with Gasteiger partial charge in [0.1, 0.15) is 23.1 Å². The minimum absolute atomic E-state index is 0.0216. The first-order chi connectivity index (χ1) is 21.4. The molecule has 2 spiro atoms. The second-order valence-corrected chi connectivity index (χ2v) is 14.4. The number of fused-ring (bicyclic) bond motifs is 3. The molecule has 1 aliphatic carbocycles. The second-order valence-electron chi connectivity index (χ2n) is 13.6. The van der Waals surface area contributed by atoms with Crippen LogP contribution in [0.15, 0.2) is 36.4 Å². The molecule has 6 rings (SSSR count). The van der Waals surface area contributed by atoms with E-state index in [1.165, 1.54) is 6.07 Å². The van der Waals surface area contributed by atoms with Crippen LogP contribution in [-0.4, -0.2) is 66.5 Å². The van der Waals surface area contributed by atoms with Gasteiger partial charge in [0.15, 0.2) is 0 Å². The van der Waals surface area contributed by atoms with Crippen LogP contribution in [0.5, 0.6) is 0 Å². The minimum atomic E-state index is -1.13. The maximum atomic E-state index is 15.3. The fourth-order valence-electron chi connectivity index (χ4n) is 7.85. The number of ether oxygens (including phenoxy) is 1. The molecule has 2 saturated heterocycles. The summed E-state index contributed by atoms with van der Waals surface area (Å²) in [6.07, 6.45) is 7.02. The number of carbonyl (C=O) groups is 3. The van der Waals surface area contributed by atoms with Crippen LogP contribution in [0.3, 0.4) is 0 Å². The molecule has 0 aromatic heterocycles. The normalized spacial score (nSPS) is 25.8. The molecular weight excluding hydrogens is 618 g/mol. The zero-order valence-electron chi connectivity index (χ0n) is 26.4. The van der Waals surface area contributed by atoms with Crippen molar-refractivity contribution in [1.82, 2.24) is 15.5 Å². The van der Waals surface area contributed by atoms with E-state index < -0.39 is 34.3 Å². The standard InChI is InChI=1S/C23H21Cl2FN2O2.C11H22N2O2/c24-13-7-8-15-17(11-13)27-21(30)23(15)19(14-5-4-6-16(25)20(14)26)18(12-29)28-22(23)9-2-1-3-10-22;1-11(2,3)15-10(14)13-7-5-9(12-4)6-8-13/h4-8,11-12,18-19,28H,1-3,9-10H2,(H,27,30);9,12H,5-8H2,1-4H3/t18?,19-,23+;/m0./s1. The van der Waals surface area contributed by atoms with Crippen LogP contribution in [0, 0.1) is 5.82 Å². The molecule has 3 atom stereocenters. The van der Waals surface area contributed by atoms with Gasteiger partial charge in [-0.3, -0.25) is 4.79 Å². The van der Waals surface area contributed by atoms with Crippen LogP contribution >= 0.6 is 23.2 Å². The lowest BCUT2D eigenvalue weighted by Gasteiger charge is -2.47. The monoisotopic (exact) mass is 660 g/mol. The quantitative estimate of drug-likeness (QED) is 0.322. The smallest absolute Gasteiger partial charge is 0.410 e. The fourth-order valence-corrected chi connectivity index (χ4v) is 8.20. The maximum Gasteiger partial charge on any atom is 0.410 e. The van der Waals surface area contributed by atoms with Crippen molar-refractivity contribution in [2.75, 3.05) is 25.5 Å². The Morgan fingerprint density at radius 2 is 1.80 bits per heavy atom. The van der Waals surface area contributed by atoms with E-state index in [-0.39, 0.29) is 22.6 Å². The molecule has 244 valence electrons. The lowest BCUT2D eigenvalue weighted by atomic mass is 9.55. The Balaban J connectivity index is 0.000000226. The van der Waals surface area contributed by atoms with Gasteiger partial charge in [-0.05, 0) is 82.8 Å². The van der Waals surface area contributed by atoms with Gasteiger partial charge < -0.3 is 30.4 Å². The number of amides is 2. The first-order valence-electron chi connectivity index (χ1n) is 15.8. The van der Waals surface area contributed by atoms with Gasteiger partial charge in [-0.1, -0.05) is 60.7 Å². The summed E-state index contributed by atoms with van der Waals surface area (Å²) in [7, 11) is 1.97. The number of rotatable bonds is 3. The summed E-state index contributed by atoms with van der Waals surface area (Å²) in [5, 5.41) is 10.2. The van der Waals surface area contributed by atoms with Crippen LogP contribution in [0.2, 0.25) is 10.0 Å². The van der Waals surface area contributed by atoms with Gasteiger partial charge in [-0.15, -0.1) is 0 Å². The number of aldehydes is 1. The van der Waals surface area contributed by atoms with Gasteiger partial charge in [-0.2, -0.15) is 0 Å². The molecule has 2 aromatic carbocycles. The number of nitrogens with one attached hydrogen (secondary N) is 3. The van der Waals surface area contributed by atoms with E-state index in [0.29, 0.717) is 16.8 Å². The summed E-state index contributed by atoms with van der Waals surface area (Å²) in [6, 6.07) is 9.91. The summed E-state index contributed by atoms with van der Waals surface area (Å²) in [6.45, 7) is 7.27. The molecule has 45 heavy (non-hydrogen) atoms. The Morgan fingerprint density at radius 3 is 2.42 bits per heavy atom. The van der Waals surface area contributed by atoms with E-state index in [4.69, 9.17) is 27.9 Å². The van der Waals surface area contributed by atoms with Crippen molar-refractivity contribution in [2.24, 2.45) is 0 Å². The second kappa shape index (κ2) is 13.2. The van der Waals surface area contributed by atoms with E-state index in [1.807, 2.05) is 33.9 Å². The molecule has 1 unspecified atom stereocenters. The van der Waals surface area contributed by atoms with Crippen LogP contribution in [-0.2, 0) is 19.7 Å². The molecule has 2 amide bonds. The summed E-state index contributed by atoms with van der Waals surface area (Å²) < 4.78 is 20.6. The van der Waals surface area contributed by atoms with E-state index in [9.17, 15) is 14.4 Å². The van der Waals surface area contributed by atoms with Gasteiger partial charge in [0, 0.05) is 41.3 Å². The average molecular weight is 662 g/mol. The van der Waals surface area contributed by atoms with E-state index in [2.05, 4.69) is 16.0 Å². The molecule has 4 aliphatic rings. The number of piperidine rings is 1. The van der Waals surface area contributed by atoms with Crippen molar-refractivity contribution in [3.63, 3.8) is 0 Å². The predicted molar refractivity (Wildman–Crippen MR) is 175 cm³/mol. The average Bonchev–Trinajstić information content (AvgIpc) is 3.45. The molecule has 0 bridgehead atoms. The van der Waals surface area contributed by atoms with Gasteiger partial charge in [-0.25, -0.2) is 9.18 Å². The highest BCUT2D eigenvalue weighted by molar-refractivity contribution is 6.31. The SMILES string of the molecule is CNC1CCN(C(=O)OC(C)(C)C)CC1.O=CC1NC2(CCCCC2)[C@@]2(C(=O)Nc3cc(Cl)ccc32)[C@H]1c1cccc(Cl)c1F. The number of hydrogen-bond donors (Lipinski definition) is 3. The first kappa shape index (κ1) is 33.6. The van der Waals surface area contributed by atoms with Crippen molar-refractivity contribution in [2.45, 2.75) is 100 Å². The van der Waals surface area contributed by atoms with Gasteiger partial charge in [0.2, 0.25) is 5.91 Å². The van der Waals surface area contributed by atoms with Crippen molar-refractivity contribution in [3.05, 3.63) is 63.4 Å². The molecule has 3 fully saturated rings. The summed E-state index contributed by atoms with van der Waals surface area (Å²) in [5.74, 6) is -1.53. The van der Waals surface area contributed by atoms with E-state index >= 15 is 4.39 Å². The number of nitrogens with zero attached hydrogens (tertiary/aromatic N) is 1. The first-order valence-corrected chi connectivity index (χ1v) is 16.6. The Kier molecular flexibility index (Phi) is 9.85. The molecule has 11 heteroatoms. The highest BCUT2D eigenvalue weighted by atomic mass is 35.5. The zero-order valence-corrected chi connectivity index (χ0v) is 27.9. The Labute approximate surface area is 274 Å². The van der Waals surface area contributed by atoms with Crippen LogP contribution < -0.4 is 16.0 Å². The third-order valence-electron chi connectivity index (χ3n) is 9.76. The van der Waals surface area contributed by atoms with Crippen molar-refractivity contribution >= 4 is 47.2 Å². The summed E-state index contributed by atoms with van der Waals surface area (Å²) in [4.78, 5) is 39.6. The summed E-state index contributed by atoms with van der Waals surface area (Å²) >= 11 is 12.3. The molecule has 1 saturated carbocycles. The topological polar surface area (TPSA) is 99.8 Å². The number of carbonyl (C=O) groups excluding carboxylic acids is 3. The molecule has 0 radical (unpaired) electrons. The molecule has 8 nitrogen and oxygen atoms in total. The molecule has 3 aliphatic heterocycles. The Morgan fingerprint density at radius 1 is 1.11 bits per heavy atom. The zero-order chi connectivity index (χ0) is 32.6. The summed E-state index contributed by atoms with van der Waals surface area (Å²) in [5.41, 5.74) is -0.508.